The molecule has 0 bridgehead atoms. The summed E-state index contributed by atoms with van der Waals surface area (Å²) in [6.07, 6.45) is 0.703. The minimum absolute atomic E-state index is 0.0331. The van der Waals surface area contributed by atoms with Crippen LogP contribution in [-0.4, -0.2) is 17.0 Å². The van der Waals surface area contributed by atoms with E-state index >= 15 is 0 Å². The van der Waals surface area contributed by atoms with Crippen molar-refractivity contribution in [1.29, 1.82) is 0 Å². The van der Waals surface area contributed by atoms with Crippen LogP contribution in [-0.2, 0) is 4.79 Å². The maximum Gasteiger partial charge on any atom is 0.223 e. The smallest absolute Gasteiger partial charge is 0.223 e. The fourth-order valence-electron chi connectivity index (χ4n) is 1.37. The Kier molecular flexibility index (Phi) is 4.13. The van der Waals surface area contributed by atoms with Crippen molar-refractivity contribution in [3.05, 3.63) is 0 Å². The van der Waals surface area contributed by atoms with Crippen molar-refractivity contribution >= 4 is 5.91 Å². The Labute approximate surface area is 87.4 Å². The zero-order valence-corrected chi connectivity index (χ0v) is 10.3. The van der Waals surface area contributed by atoms with Gasteiger partial charge in [-0.2, -0.15) is 0 Å². The van der Waals surface area contributed by atoms with Crippen LogP contribution in [0.25, 0.3) is 0 Å². The monoisotopic (exact) mass is 200 g/mol. The van der Waals surface area contributed by atoms with Crippen LogP contribution in [0.1, 0.15) is 48.0 Å². The normalized spacial score (nSPS) is 15.1. The lowest BCUT2D eigenvalue weighted by Gasteiger charge is -2.27. The first-order valence-corrected chi connectivity index (χ1v) is 5.12. The number of hydrogen-bond donors (Lipinski definition) is 2. The van der Waals surface area contributed by atoms with E-state index in [1.165, 1.54) is 0 Å². The summed E-state index contributed by atoms with van der Waals surface area (Å²) in [6, 6.07) is 0. The lowest BCUT2D eigenvalue weighted by Crippen LogP contribution is -2.45. The molecular weight excluding hydrogens is 176 g/mol. The van der Waals surface area contributed by atoms with E-state index in [2.05, 4.69) is 5.32 Å². The molecule has 3 nitrogen and oxygen atoms in total. The highest BCUT2D eigenvalue weighted by Gasteiger charge is 2.23. The van der Waals surface area contributed by atoms with Gasteiger partial charge in [-0.3, -0.25) is 4.79 Å². The van der Waals surface area contributed by atoms with E-state index in [9.17, 15) is 4.79 Å². The molecule has 0 saturated heterocycles. The number of nitrogens with two attached hydrogens (primary N) is 1. The third-order valence-corrected chi connectivity index (χ3v) is 1.78. The van der Waals surface area contributed by atoms with Crippen LogP contribution in [0.3, 0.4) is 0 Å². The van der Waals surface area contributed by atoms with E-state index < -0.39 is 0 Å². The van der Waals surface area contributed by atoms with Gasteiger partial charge in [-0.15, -0.1) is 0 Å². The summed E-state index contributed by atoms with van der Waals surface area (Å²) >= 11 is 0. The highest BCUT2D eigenvalue weighted by atomic mass is 16.2. The minimum atomic E-state index is -0.283. The molecule has 0 aliphatic carbocycles. The number of nitrogens with one attached hydrogen (secondary N) is 1. The number of amides is 1. The van der Waals surface area contributed by atoms with Gasteiger partial charge in [-0.1, -0.05) is 6.92 Å². The van der Waals surface area contributed by atoms with Gasteiger partial charge in [-0.25, -0.2) is 0 Å². The predicted octanol–water partition coefficient (Wildman–Crippen LogP) is 1.66. The molecular formula is C11H24N2O. The first-order valence-electron chi connectivity index (χ1n) is 5.12. The second kappa shape index (κ2) is 4.30. The van der Waals surface area contributed by atoms with Gasteiger partial charge in [0, 0.05) is 17.0 Å². The molecule has 14 heavy (non-hydrogen) atoms. The van der Waals surface area contributed by atoms with Gasteiger partial charge in [0.2, 0.25) is 5.91 Å². The molecule has 0 saturated carbocycles. The van der Waals surface area contributed by atoms with Gasteiger partial charge < -0.3 is 11.1 Å². The second-order valence-electron chi connectivity index (χ2n) is 5.83. The summed E-state index contributed by atoms with van der Waals surface area (Å²) in [4.78, 5) is 11.7. The molecule has 3 heteroatoms. The SMILES string of the molecule is CC(CC(C)(C)N)C(=O)NC(C)(C)C. The fraction of sp³-hybridized carbons (Fsp3) is 0.909. The molecule has 0 aromatic carbocycles. The standard InChI is InChI=1S/C11H24N2O/c1-8(7-11(5,6)12)9(14)13-10(2,3)4/h8H,7,12H2,1-6H3,(H,13,14). The minimum Gasteiger partial charge on any atom is -0.351 e. The fourth-order valence-corrected chi connectivity index (χ4v) is 1.37. The number of carbonyl (C=O) groups excluding carboxylic acids is 1. The van der Waals surface area contributed by atoms with E-state index in [0.717, 1.165) is 0 Å². The van der Waals surface area contributed by atoms with Crippen LogP contribution < -0.4 is 11.1 Å². The maximum absolute atomic E-state index is 11.7. The Balaban J connectivity index is 4.15. The van der Waals surface area contributed by atoms with Gasteiger partial charge in [-0.05, 0) is 41.0 Å². The van der Waals surface area contributed by atoms with Gasteiger partial charge in [0.05, 0.1) is 0 Å². The zero-order chi connectivity index (χ0) is 11.6. The molecule has 1 unspecified atom stereocenters. The van der Waals surface area contributed by atoms with Crippen molar-refractivity contribution in [2.45, 2.75) is 59.0 Å². The van der Waals surface area contributed by atoms with Crippen LogP contribution in [0.4, 0.5) is 0 Å². The highest BCUT2D eigenvalue weighted by Crippen LogP contribution is 2.14. The molecule has 1 amide bonds. The average molecular weight is 200 g/mol. The zero-order valence-electron chi connectivity index (χ0n) is 10.3. The largest absolute Gasteiger partial charge is 0.351 e. The average Bonchev–Trinajstić information content (AvgIpc) is 1.78. The van der Waals surface area contributed by atoms with Gasteiger partial charge in [0.15, 0.2) is 0 Å². The van der Waals surface area contributed by atoms with Crippen molar-refractivity contribution in [1.82, 2.24) is 5.32 Å². The van der Waals surface area contributed by atoms with Gasteiger partial charge >= 0.3 is 0 Å². The third kappa shape index (κ3) is 6.89. The van der Waals surface area contributed by atoms with Gasteiger partial charge in [0.1, 0.15) is 0 Å². The van der Waals surface area contributed by atoms with E-state index in [1.54, 1.807) is 0 Å². The number of hydrogen-bond acceptors (Lipinski definition) is 2. The van der Waals surface area contributed by atoms with Crippen molar-refractivity contribution in [2.75, 3.05) is 0 Å². The van der Waals surface area contributed by atoms with Gasteiger partial charge in [0.25, 0.3) is 0 Å². The van der Waals surface area contributed by atoms with Crippen molar-refractivity contribution in [3.63, 3.8) is 0 Å². The number of rotatable bonds is 3. The van der Waals surface area contributed by atoms with Crippen molar-refractivity contribution in [3.8, 4) is 0 Å². The Morgan fingerprint density at radius 1 is 1.29 bits per heavy atom. The third-order valence-electron chi connectivity index (χ3n) is 1.78. The topological polar surface area (TPSA) is 55.1 Å². The molecule has 3 N–H and O–H groups in total. The van der Waals surface area contributed by atoms with Crippen LogP contribution >= 0.6 is 0 Å². The Morgan fingerprint density at radius 2 is 1.71 bits per heavy atom. The Morgan fingerprint density at radius 3 is 2.00 bits per heavy atom. The number of carbonyl (C=O) groups is 1. The lowest BCUT2D eigenvalue weighted by atomic mass is 9.91. The summed E-state index contributed by atoms with van der Waals surface area (Å²) in [5, 5.41) is 2.95. The van der Waals surface area contributed by atoms with E-state index in [4.69, 9.17) is 5.73 Å². The summed E-state index contributed by atoms with van der Waals surface area (Å²) < 4.78 is 0. The van der Waals surface area contributed by atoms with Crippen LogP contribution in [0, 0.1) is 5.92 Å². The predicted molar refractivity (Wildman–Crippen MR) is 59.9 cm³/mol. The van der Waals surface area contributed by atoms with Crippen LogP contribution in [0.2, 0.25) is 0 Å². The quantitative estimate of drug-likeness (QED) is 0.728. The molecule has 0 aromatic rings. The molecule has 1 atom stereocenters. The first kappa shape index (κ1) is 13.4. The molecule has 0 spiro atoms. The summed E-state index contributed by atoms with van der Waals surface area (Å²) in [5.74, 6) is 0.0465. The van der Waals surface area contributed by atoms with Crippen LogP contribution in [0.15, 0.2) is 0 Å². The maximum atomic E-state index is 11.7. The van der Waals surface area contributed by atoms with E-state index in [0.29, 0.717) is 6.42 Å². The summed E-state index contributed by atoms with van der Waals surface area (Å²) in [7, 11) is 0. The molecule has 0 aliphatic heterocycles. The first-order chi connectivity index (χ1) is 6.01. The van der Waals surface area contributed by atoms with Crippen LogP contribution in [0.5, 0.6) is 0 Å². The summed E-state index contributed by atoms with van der Waals surface area (Å²) in [6.45, 7) is 11.7. The molecule has 0 fully saturated rings. The summed E-state index contributed by atoms with van der Waals surface area (Å²) in [5.41, 5.74) is 5.41. The molecule has 0 aromatic heterocycles. The molecule has 0 radical (unpaired) electrons. The molecule has 84 valence electrons. The Bertz CT molecular complexity index is 198. The van der Waals surface area contributed by atoms with Crippen molar-refractivity contribution in [2.24, 2.45) is 11.7 Å². The second-order valence-corrected chi connectivity index (χ2v) is 5.83. The van der Waals surface area contributed by atoms with E-state index in [1.807, 2.05) is 41.5 Å². The molecule has 0 aliphatic rings. The van der Waals surface area contributed by atoms with E-state index in [-0.39, 0.29) is 22.9 Å². The molecule has 0 heterocycles. The van der Waals surface area contributed by atoms with Crippen molar-refractivity contribution < 1.29 is 4.79 Å². The molecule has 0 rings (SSSR count). The lowest BCUT2D eigenvalue weighted by molar-refractivity contribution is -0.126. The Hall–Kier alpha value is -0.570. The highest BCUT2D eigenvalue weighted by molar-refractivity contribution is 5.79.